The Morgan fingerprint density at radius 1 is 1.39 bits per heavy atom. The lowest BCUT2D eigenvalue weighted by molar-refractivity contribution is 0.0696. The lowest BCUT2D eigenvalue weighted by Gasteiger charge is -2.07. The summed E-state index contributed by atoms with van der Waals surface area (Å²) in [5.74, 6) is -0.412. The van der Waals surface area contributed by atoms with Crippen LogP contribution in [-0.2, 0) is 6.54 Å². The Labute approximate surface area is 112 Å². The third-order valence-electron chi connectivity index (χ3n) is 2.25. The van der Waals surface area contributed by atoms with Crippen molar-refractivity contribution in [2.45, 2.75) is 6.54 Å². The van der Waals surface area contributed by atoms with Gasteiger partial charge in [-0.05, 0) is 34.1 Å². The Balaban J connectivity index is 2.08. The van der Waals surface area contributed by atoms with Gasteiger partial charge in [-0.15, -0.1) is 0 Å². The molecule has 18 heavy (non-hydrogen) atoms. The smallest absolute Gasteiger partial charge is 0.337 e. The molecule has 0 fully saturated rings. The van der Waals surface area contributed by atoms with Gasteiger partial charge in [-0.2, -0.15) is 0 Å². The maximum absolute atomic E-state index is 10.8. The first-order valence-electron chi connectivity index (χ1n) is 5.19. The summed E-state index contributed by atoms with van der Waals surface area (Å²) in [6.07, 6.45) is 3.03. The third-order valence-corrected chi connectivity index (χ3v) is 2.86. The summed E-state index contributed by atoms with van der Waals surface area (Å²) >= 11 is 3.28. The second-order valence-corrected chi connectivity index (χ2v) is 4.39. The average molecular weight is 308 g/mol. The summed E-state index contributed by atoms with van der Waals surface area (Å²) < 4.78 is 0.610. The summed E-state index contributed by atoms with van der Waals surface area (Å²) in [5, 5.41) is 11.9. The molecule has 2 aromatic rings. The highest BCUT2D eigenvalue weighted by molar-refractivity contribution is 9.10. The number of anilines is 1. The summed E-state index contributed by atoms with van der Waals surface area (Å²) in [4.78, 5) is 19.0. The van der Waals surface area contributed by atoms with Gasteiger partial charge in [-0.3, -0.25) is 4.98 Å². The molecule has 0 amide bonds. The molecule has 2 aromatic heterocycles. The van der Waals surface area contributed by atoms with Crippen molar-refractivity contribution in [2.24, 2.45) is 0 Å². The highest BCUT2D eigenvalue weighted by Crippen LogP contribution is 2.21. The van der Waals surface area contributed by atoms with Gasteiger partial charge in [0.25, 0.3) is 0 Å². The van der Waals surface area contributed by atoms with Gasteiger partial charge in [0.15, 0.2) is 0 Å². The molecule has 0 aliphatic rings. The highest BCUT2D eigenvalue weighted by atomic mass is 79.9. The fraction of sp³-hybridized carbons (Fsp3) is 0.0833. The van der Waals surface area contributed by atoms with E-state index >= 15 is 0 Å². The minimum Gasteiger partial charge on any atom is -0.478 e. The number of hydrogen-bond acceptors (Lipinski definition) is 4. The van der Waals surface area contributed by atoms with Gasteiger partial charge in [-0.25, -0.2) is 9.78 Å². The first kappa shape index (κ1) is 12.5. The maximum atomic E-state index is 10.8. The van der Waals surface area contributed by atoms with E-state index in [0.29, 0.717) is 16.8 Å². The number of rotatable bonds is 4. The number of halogens is 1. The number of aromatic carboxylic acids is 1. The number of pyridine rings is 2. The maximum Gasteiger partial charge on any atom is 0.337 e. The Morgan fingerprint density at radius 3 is 2.83 bits per heavy atom. The van der Waals surface area contributed by atoms with Gasteiger partial charge in [0.2, 0.25) is 0 Å². The first-order valence-corrected chi connectivity index (χ1v) is 5.99. The van der Waals surface area contributed by atoms with Crippen LogP contribution in [0.15, 0.2) is 41.1 Å². The molecule has 0 spiro atoms. The number of carboxylic acids is 1. The van der Waals surface area contributed by atoms with Crippen LogP contribution in [0.2, 0.25) is 0 Å². The molecule has 2 rings (SSSR count). The number of hydrogen-bond donors (Lipinski definition) is 2. The van der Waals surface area contributed by atoms with E-state index in [-0.39, 0.29) is 5.56 Å². The molecular formula is C12H10BrN3O2. The Kier molecular flexibility index (Phi) is 3.88. The molecule has 0 aliphatic heterocycles. The van der Waals surface area contributed by atoms with Gasteiger partial charge in [-0.1, -0.05) is 6.07 Å². The molecule has 0 saturated carbocycles. The number of nitrogens with zero attached hydrogens (tertiary/aromatic N) is 2. The monoisotopic (exact) mass is 307 g/mol. The Bertz CT molecular complexity index is 561. The van der Waals surface area contributed by atoms with Crippen molar-refractivity contribution in [3.63, 3.8) is 0 Å². The van der Waals surface area contributed by atoms with E-state index in [4.69, 9.17) is 5.11 Å². The van der Waals surface area contributed by atoms with Crippen molar-refractivity contribution < 1.29 is 9.90 Å². The van der Waals surface area contributed by atoms with E-state index in [1.54, 1.807) is 6.20 Å². The minimum atomic E-state index is -1.00. The quantitative estimate of drug-likeness (QED) is 0.908. The van der Waals surface area contributed by atoms with Crippen LogP contribution < -0.4 is 5.32 Å². The SMILES string of the molecule is O=C(O)c1cnc(NCc2ccccn2)c(Br)c1. The fourth-order valence-corrected chi connectivity index (χ4v) is 1.85. The molecule has 6 heteroatoms. The predicted molar refractivity (Wildman–Crippen MR) is 70.5 cm³/mol. The largest absolute Gasteiger partial charge is 0.478 e. The van der Waals surface area contributed by atoms with Crippen LogP contribution >= 0.6 is 15.9 Å². The summed E-state index contributed by atoms with van der Waals surface area (Å²) in [6, 6.07) is 7.15. The first-order chi connectivity index (χ1) is 8.66. The van der Waals surface area contributed by atoms with Gasteiger partial charge in [0, 0.05) is 12.4 Å². The van der Waals surface area contributed by atoms with E-state index in [1.807, 2.05) is 18.2 Å². The standard InChI is InChI=1S/C12H10BrN3O2/c13-10-5-8(12(17)18)6-15-11(10)16-7-9-3-1-2-4-14-9/h1-6H,7H2,(H,15,16)(H,17,18). The normalized spacial score (nSPS) is 10.1. The lowest BCUT2D eigenvalue weighted by atomic mass is 10.3. The predicted octanol–water partition coefficient (Wildman–Crippen LogP) is 2.55. The molecule has 0 atom stereocenters. The van der Waals surface area contributed by atoms with E-state index in [9.17, 15) is 4.79 Å². The molecule has 0 unspecified atom stereocenters. The van der Waals surface area contributed by atoms with Crippen molar-refractivity contribution in [1.82, 2.24) is 9.97 Å². The van der Waals surface area contributed by atoms with Gasteiger partial charge in [0.05, 0.1) is 22.3 Å². The van der Waals surface area contributed by atoms with Gasteiger partial charge in [0.1, 0.15) is 5.82 Å². The second kappa shape index (κ2) is 5.59. The van der Waals surface area contributed by atoms with E-state index in [0.717, 1.165) is 5.69 Å². The second-order valence-electron chi connectivity index (χ2n) is 3.53. The molecule has 0 aromatic carbocycles. The van der Waals surface area contributed by atoms with E-state index < -0.39 is 5.97 Å². The zero-order valence-corrected chi connectivity index (χ0v) is 10.9. The van der Waals surface area contributed by atoms with Crippen LogP contribution in [0.4, 0.5) is 5.82 Å². The van der Waals surface area contributed by atoms with Crippen LogP contribution in [0.3, 0.4) is 0 Å². The van der Waals surface area contributed by atoms with Crippen molar-refractivity contribution in [1.29, 1.82) is 0 Å². The molecule has 2 N–H and O–H groups in total. The summed E-state index contributed by atoms with van der Waals surface area (Å²) in [7, 11) is 0. The Hall–Kier alpha value is -1.95. The number of aromatic nitrogens is 2. The van der Waals surface area contributed by atoms with Crippen LogP contribution in [0.1, 0.15) is 16.1 Å². The zero-order chi connectivity index (χ0) is 13.0. The third kappa shape index (κ3) is 3.04. The molecule has 0 saturated heterocycles. The number of carboxylic acid groups (broad SMARTS) is 1. The van der Waals surface area contributed by atoms with Gasteiger partial charge >= 0.3 is 5.97 Å². The molecule has 5 nitrogen and oxygen atoms in total. The highest BCUT2D eigenvalue weighted by Gasteiger charge is 2.07. The number of nitrogens with one attached hydrogen (secondary N) is 1. The van der Waals surface area contributed by atoms with Gasteiger partial charge < -0.3 is 10.4 Å². The molecule has 0 bridgehead atoms. The molecule has 2 heterocycles. The van der Waals surface area contributed by atoms with Crippen LogP contribution in [0.25, 0.3) is 0 Å². The molecule has 0 aliphatic carbocycles. The van der Waals surface area contributed by atoms with E-state index in [2.05, 4.69) is 31.2 Å². The molecular weight excluding hydrogens is 298 g/mol. The van der Waals surface area contributed by atoms with Crippen LogP contribution in [0, 0.1) is 0 Å². The average Bonchev–Trinajstić information content (AvgIpc) is 2.38. The zero-order valence-electron chi connectivity index (χ0n) is 9.30. The summed E-state index contributed by atoms with van der Waals surface area (Å²) in [5.41, 5.74) is 1.03. The van der Waals surface area contributed by atoms with E-state index in [1.165, 1.54) is 12.3 Å². The van der Waals surface area contributed by atoms with Crippen molar-refractivity contribution in [3.8, 4) is 0 Å². The number of carbonyl (C=O) groups is 1. The van der Waals surface area contributed by atoms with Crippen LogP contribution in [-0.4, -0.2) is 21.0 Å². The summed E-state index contributed by atoms with van der Waals surface area (Å²) in [6.45, 7) is 0.527. The van der Waals surface area contributed by atoms with Crippen LogP contribution in [0.5, 0.6) is 0 Å². The lowest BCUT2D eigenvalue weighted by Crippen LogP contribution is -2.05. The van der Waals surface area contributed by atoms with Crippen molar-refractivity contribution >= 4 is 27.7 Å². The van der Waals surface area contributed by atoms with Crippen molar-refractivity contribution in [3.05, 3.63) is 52.4 Å². The van der Waals surface area contributed by atoms with Crippen molar-refractivity contribution in [2.75, 3.05) is 5.32 Å². The Morgan fingerprint density at radius 2 is 2.22 bits per heavy atom. The minimum absolute atomic E-state index is 0.144. The topological polar surface area (TPSA) is 75.1 Å². The molecule has 92 valence electrons. The fourth-order valence-electron chi connectivity index (χ4n) is 1.36. The molecule has 0 radical (unpaired) electrons.